The first-order valence-corrected chi connectivity index (χ1v) is 7.53. The molecule has 0 spiro atoms. The van der Waals surface area contributed by atoms with Gasteiger partial charge in [-0.3, -0.25) is 0 Å². The number of thiazole rings is 1. The predicted molar refractivity (Wildman–Crippen MR) is 68.5 cm³/mol. The van der Waals surface area contributed by atoms with Crippen LogP contribution in [0.3, 0.4) is 0 Å². The lowest BCUT2D eigenvalue weighted by atomic mass is 10.2. The third-order valence-corrected chi connectivity index (χ3v) is 5.22. The largest absolute Gasteiger partial charge is 0.312 e. The second-order valence-electron chi connectivity index (χ2n) is 3.80. The van der Waals surface area contributed by atoms with E-state index in [0.29, 0.717) is 5.25 Å². The molecule has 1 atom stereocenters. The molecule has 0 aromatic carbocycles. The molecule has 1 N–H and O–H groups in total. The number of nitrogens with one attached hydrogen (secondary N) is 1. The molecule has 2 rings (SSSR count). The van der Waals surface area contributed by atoms with Crippen molar-refractivity contribution >= 4 is 23.1 Å². The summed E-state index contributed by atoms with van der Waals surface area (Å²) in [7, 11) is 0. The van der Waals surface area contributed by atoms with Crippen LogP contribution < -0.4 is 5.32 Å². The van der Waals surface area contributed by atoms with E-state index in [-0.39, 0.29) is 0 Å². The maximum Gasteiger partial charge on any atom is 0.106 e. The number of hydrogen-bond acceptors (Lipinski definition) is 4. The predicted octanol–water partition coefficient (Wildman–Crippen LogP) is 3.21. The number of aromatic nitrogens is 1. The lowest BCUT2D eigenvalue weighted by Gasteiger charge is -2.18. The lowest BCUT2D eigenvalue weighted by Crippen LogP contribution is -2.10. The zero-order chi connectivity index (χ0) is 10.5. The molecular weight excluding hydrogens is 224 g/mol. The molecule has 1 unspecified atom stereocenters. The second kappa shape index (κ2) is 5.87. The molecule has 2 nitrogen and oxygen atoms in total. The van der Waals surface area contributed by atoms with Crippen molar-refractivity contribution in [3.8, 4) is 0 Å². The smallest absolute Gasteiger partial charge is 0.106 e. The molecule has 1 aromatic rings. The SMILES string of the molecule is CCNCc1cnc(C2CCCCS2)s1. The van der Waals surface area contributed by atoms with Crippen LogP contribution in [0, 0.1) is 0 Å². The van der Waals surface area contributed by atoms with E-state index >= 15 is 0 Å². The van der Waals surface area contributed by atoms with Crippen molar-refractivity contribution in [2.24, 2.45) is 0 Å². The van der Waals surface area contributed by atoms with Gasteiger partial charge in [0.1, 0.15) is 5.01 Å². The van der Waals surface area contributed by atoms with Gasteiger partial charge in [0.15, 0.2) is 0 Å². The molecule has 0 saturated carbocycles. The van der Waals surface area contributed by atoms with Gasteiger partial charge in [0.05, 0.1) is 5.25 Å². The summed E-state index contributed by atoms with van der Waals surface area (Å²) in [5, 5.41) is 5.36. The standard InChI is InChI=1S/C11H18N2S2/c1-2-12-7-9-8-13-11(15-9)10-5-3-4-6-14-10/h8,10,12H,2-7H2,1H3. The Labute approximate surface area is 99.9 Å². The number of hydrogen-bond donors (Lipinski definition) is 1. The Kier molecular flexibility index (Phi) is 4.47. The molecule has 2 heterocycles. The van der Waals surface area contributed by atoms with Crippen LogP contribution in [0.25, 0.3) is 0 Å². The first kappa shape index (κ1) is 11.4. The molecule has 4 heteroatoms. The number of rotatable bonds is 4. The molecule has 1 aromatic heterocycles. The summed E-state index contributed by atoms with van der Waals surface area (Å²) in [5.74, 6) is 1.31. The average molecular weight is 242 g/mol. The van der Waals surface area contributed by atoms with Crippen LogP contribution in [-0.4, -0.2) is 17.3 Å². The summed E-state index contributed by atoms with van der Waals surface area (Å²) in [5.41, 5.74) is 0. The Bertz CT molecular complexity index is 293. The molecule has 15 heavy (non-hydrogen) atoms. The van der Waals surface area contributed by atoms with E-state index in [9.17, 15) is 0 Å². The summed E-state index contributed by atoms with van der Waals surface area (Å²) >= 11 is 3.97. The maximum atomic E-state index is 4.55. The van der Waals surface area contributed by atoms with Crippen LogP contribution in [0.15, 0.2) is 6.20 Å². The van der Waals surface area contributed by atoms with E-state index < -0.39 is 0 Å². The van der Waals surface area contributed by atoms with Gasteiger partial charge >= 0.3 is 0 Å². The summed E-state index contributed by atoms with van der Waals surface area (Å²) in [6, 6.07) is 0. The zero-order valence-corrected chi connectivity index (χ0v) is 10.8. The van der Waals surface area contributed by atoms with Gasteiger partial charge in [-0.25, -0.2) is 4.98 Å². The van der Waals surface area contributed by atoms with E-state index in [1.807, 2.05) is 17.5 Å². The van der Waals surface area contributed by atoms with Crippen molar-refractivity contribution in [1.82, 2.24) is 10.3 Å². The summed E-state index contributed by atoms with van der Waals surface area (Å²) in [4.78, 5) is 5.92. The highest BCUT2D eigenvalue weighted by Gasteiger charge is 2.18. The van der Waals surface area contributed by atoms with Crippen LogP contribution in [-0.2, 0) is 6.54 Å². The highest BCUT2D eigenvalue weighted by Crippen LogP contribution is 2.39. The minimum absolute atomic E-state index is 0.680. The molecule has 84 valence electrons. The van der Waals surface area contributed by atoms with E-state index in [0.717, 1.165) is 13.1 Å². The Morgan fingerprint density at radius 2 is 2.47 bits per heavy atom. The van der Waals surface area contributed by atoms with E-state index in [1.165, 1.54) is 34.9 Å². The Morgan fingerprint density at radius 3 is 3.20 bits per heavy atom. The summed E-state index contributed by atoms with van der Waals surface area (Å²) in [6.45, 7) is 4.15. The quantitative estimate of drug-likeness (QED) is 0.877. The maximum absolute atomic E-state index is 4.55. The summed E-state index contributed by atoms with van der Waals surface area (Å²) < 4.78 is 0. The van der Waals surface area contributed by atoms with Gasteiger partial charge in [0.2, 0.25) is 0 Å². The first-order valence-electron chi connectivity index (χ1n) is 5.67. The Hall–Kier alpha value is -0.0600. The molecule has 1 saturated heterocycles. The van der Waals surface area contributed by atoms with Crippen LogP contribution in [0.4, 0.5) is 0 Å². The van der Waals surface area contributed by atoms with Gasteiger partial charge in [-0.15, -0.1) is 11.3 Å². The van der Waals surface area contributed by atoms with Gasteiger partial charge in [-0.05, 0) is 25.1 Å². The highest BCUT2D eigenvalue weighted by molar-refractivity contribution is 7.99. The summed E-state index contributed by atoms with van der Waals surface area (Å²) in [6.07, 6.45) is 6.12. The molecule has 0 aliphatic carbocycles. The fraction of sp³-hybridized carbons (Fsp3) is 0.727. The van der Waals surface area contributed by atoms with Gasteiger partial charge in [0.25, 0.3) is 0 Å². The van der Waals surface area contributed by atoms with Crippen molar-refractivity contribution in [1.29, 1.82) is 0 Å². The van der Waals surface area contributed by atoms with Crippen molar-refractivity contribution in [3.05, 3.63) is 16.1 Å². The van der Waals surface area contributed by atoms with Crippen molar-refractivity contribution in [2.45, 2.75) is 38.0 Å². The second-order valence-corrected chi connectivity index (χ2v) is 6.26. The third-order valence-electron chi connectivity index (χ3n) is 2.58. The molecule has 0 radical (unpaired) electrons. The van der Waals surface area contributed by atoms with Gasteiger partial charge in [-0.1, -0.05) is 13.3 Å². The normalized spacial score (nSPS) is 21.8. The molecule has 1 aliphatic heterocycles. The van der Waals surface area contributed by atoms with E-state index in [1.54, 1.807) is 0 Å². The number of nitrogens with zero attached hydrogens (tertiary/aromatic N) is 1. The van der Waals surface area contributed by atoms with Crippen LogP contribution >= 0.6 is 23.1 Å². The topological polar surface area (TPSA) is 24.9 Å². The van der Waals surface area contributed by atoms with Crippen LogP contribution in [0.2, 0.25) is 0 Å². The van der Waals surface area contributed by atoms with Gasteiger partial charge < -0.3 is 5.32 Å². The van der Waals surface area contributed by atoms with Crippen LogP contribution in [0.5, 0.6) is 0 Å². The average Bonchev–Trinajstić information content (AvgIpc) is 2.76. The fourth-order valence-corrected chi connectivity index (χ4v) is 4.18. The molecule has 1 fully saturated rings. The van der Waals surface area contributed by atoms with E-state index in [4.69, 9.17) is 0 Å². The molecule has 0 bridgehead atoms. The zero-order valence-electron chi connectivity index (χ0n) is 9.16. The highest BCUT2D eigenvalue weighted by atomic mass is 32.2. The van der Waals surface area contributed by atoms with E-state index in [2.05, 4.69) is 29.0 Å². The minimum Gasteiger partial charge on any atom is -0.312 e. The molecule has 1 aliphatic rings. The molecular formula is C11H18N2S2. The van der Waals surface area contributed by atoms with Gasteiger partial charge in [0, 0.05) is 17.6 Å². The first-order chi connectivity index (χ1) is 7.40. The van der Waals surface area contributed by atoms with Crippen molar-refractivity contribution < 1.29 is 0 Å². The van der Waals surface area contributed by atoms with Crippen LogP contribution in [0.1, 0.15) is 41.3 Å². The lowest BCUT2D eigenvalue weighted by molar-refractivity contribution is 0.683. The van der Waals surface area contributed by atoms with Crippen molar-refractivity contribution in [2.75, 3.05) is 12.3 Å². The minimum atomic E-state index is 0.680. The monoisotopic (exact) mass is 242 g/mol. The Balaban J connectivity index is 1.93. The molecule has 0 amide bonds. The Morgan fingerprint density at radius 1 is 1.53 bits per heavy atom. The third kappa shape index (κ3) is 3.20. The number of thioether (sulfide) groups is 1. The van der Waals surface area contributed by atoms with Gasteiger partial charge in [-0.2, -0.15) is 11.8 Å². The fourth-order valence-electron chi connectivity index (χ4n) is 1.74. The van der Waals surface area contributed by atoms with Crippen molar-refractivity contribution in [3.63, 3.8) is 0 Å².